The lowest BCUT2D eigenvalue weighted by Crippen LogP contribution is -2.35. The predicted octanol–water partition coefficient (Wildman–Crippen LogP) is 3.27. The van der Waals surface area contributed by atoms with Gasteiger partial charge in [-0.05, 0) is 31.0 Å². The van der Waals surface area contributed by atoms with E-state index >= 15 is 0 Å². The first-order valence-corrected chi connectivity index (χ1v) is 9.40. The Bertz CT molecular complexity index is 719. The third-order valence-electron chi connectivity index (χ3n) is 4.81. The van der Waals surface area contributed by atoms with Crippen molar-refractivity contribution in [2.75, 3.05) is 18.5 Å². The van der Waals surface area contributed by atoms with Crippen LogP contribution in [-0.2, 0) is 19.1 Å². The van der Waals surface area contributed by atoms with Crippen molar-refractivity contribution >= 4 is 46.7 Å². The molecule has 0 bridgehead atoms. The smallest absolute Gasteiger partial charge is 0.311 e. The molecule has 3 rings (SSSR count). The molecule has 1 aromatic rings. The first-order chi connectivity index (χ1) is 12.4. The van der Waals surface area contributed by atoms with Crippen LogP contribution in [0.15, 0.2) is 18.2 Å². The minimum absolute atomic E-state index is 0.000826. The van der Waals surface area contributed by atoms with Crippen molar-refractivity contribution in [1.82, 2.24) is 4.90 Å². The number of nitrogens with zero attached hydrogens (tertiary/aromatic N) is 1. The highest BCUT2D eigenvalue weighted by Crippen LogP contribution is 2.30. The van der Waals surface area contributed by atoms with E-state index in [1.54, 1.807) is 17.0 Å². The average Bonchev–Trinajstić information content (AvgIpc) is 3.25. The maximum atomic E-state index is 12.2. The Hall–Kier alpha value is -1.79. The summed E-state index contributed by atoms with van der Waals surface area (Å²) in [5.74, 6) is -1.49. The van der Waals surface area contributed by atoms with Gasteiger partial charge in [-0.15, -0.1) is 0 Å². The average molecular weight is 399 g/mol. The number of likely N-dealkylation sites (tertiary alicyclic amines) is 1. The SMILES string of the molecule is O=C(COC(=O)[C@H]1CC(=O)N(C2CCCC2)C1)Nc1ccc(Cl)c(Cl)c1. The Morgan fingerprint density at radius 3 is 2.62 bits per heavy atom. The van der Waals surface area contributed by atoms with E-state index < -0.39 is 24.4 Å². The zero-order chi connectivity index (χ0) is 18.7. The summed E-state index contributed by atoms with van der Waals surface area (Å²) in [5.41, 5.74) is 0.462. The quantitative estimate of drug-likeness (QED) is 0.772. The monoisotopic (exact) mass is 398 g/mol. The van der Waals surface area contributed by atoms with Crippen molar-refractivity contribution < 1.29 is 19.1 Å². The molecule has 1 saturated carbocycles. The van der Waals surface area contributed by atoms with Crippen LogP contribution >= 0.6 is 23.2 Å². The largest absolute Gasteiger partial charge is 0.455 e. The number of anilines is 1. The molecular weight excluding hydrogens is 379 g/mol. The fraction of sp³-hybridized carbons (Fsp3) is 0.500. The van der Waals surface area contributed by atoms with Crippen LogP contribution in [0.25, 0.3) is 0 Å². The Kier molecular flexibility index (Phi) is 6.04. The minimum atomic E-state index is -0.511. The van der Waals surface area contributed by atoms with E-state index in [-0.39, 0.29) is 18.4 Å². The second-order valence-corrected chi connectivity index (χ2v) is 7.48. The number of benzene rings is 1. The van der Waals surface area contributed by atoms with E-state index in [2.05, 4.69) is 5.32 Å². The number of carbonyl (C=O) groups excluding carboxylic acids is 3. The Balaban J connectivity index is 1.46. The zero-order valence-electron chi connectivity index (χ0n) is 14.2. The van der Waals surface area contributed by atoms with Gasteiger partial charge in [0.2, 0.25) is 5.91 Å². The molecule has 1 saturated heterocycles. The summed E-state index contributed by atoms with van der Waals surface area (Å²) in [6.45, 7) is -0.0239. The van der Waals surface area contributed by atoms with E-state index in [0.717, 1.165) is 25.7 Å². The number of halogens is 2. The minimum Gasteiger partial charge on any atom is -0.455 e. The summed E-state index contributed by atoms with van der Waals surface area (Å²) >= 11 is 11.7. The Morgan fingerprint density at radius 2 is 1.92 bits per heavy atom. The summed E-state index contributed by atoms with van der Waals surface area (Å²) < 4.78 is 5.08. The summed E-state index contributed by atoms with van der Waals surface area (Å²) in [6, 6.07) is 4.92. The number of hydrogen-bond donors (Lipinski definition) is 1. The molecule has 0 unspecified atom stereocenters. The normalized spacial score (nSPS) is 20.5. The standard InChI is InChI=1S/C18H20Cl2N2O4/c19-14-6-5-12(8-15(14)20)21-16(23)10-26-18(25)11-7-17(24)22(9-11)13-3-1-2-4-13/h5-6,8,11,13H,1-4,7,9-10H2,(H,21,23)/t11-/m0/s1. The molecular formula is C18H20Cl2N2O4. The highest BCUT2D eigenvalue weighted by molar-refractivity contribution is 6.42. The highest BCUT2D eigenvalue weighted by Gasteiger charge is 2.39. The molecule has 1 heterocycles. The molecule has 1 aliphatic heterocycles. The molecule has 0 radical (unpaired) electrons. The van der Waals surface area contributed by atoms with Crippen LogP contribution in [0.1, 0.15) is 32.1 Å². The molecule has 2 fully saturated rings. The number of esters is 1. The van der Waals surface area contributed by atoms with Gasteiger partial charge in [0.1, 0.15) is 0 Å². The maximum absolute atomic E-state index is 12.2. The summed E-state index contributed by atoms with van der Waals surface area (Å²) in [4.78, 5) is 38.0. The van der Waals surface area contributed by atoms with Crippen molar-refractivity contribution in [3.63, 3.8) is 0 Å². The van der Waals surface area contributed by atoms with Crippen molar-refractivity contribution in [2.45, 2.75) is 38.1 Å². The third kappa shape index (κ3) is 4.48. The second-order valence-electron chi connectivity index (χ2n) is 6.67. The van der Waals surface area contributed by atoms with Crippen LogP contribution in [0, 0.1) is 5.92 Å². The van der Waals surface area contributed by atoms with Crippen LogP contribution in [0.4, 0.5) is 5.69 Å². The topological polar surface area (TPSA) is 75.7 Å². The number of rotatable bonds is 5. The van der Waals surface area contributed by atoms with E-state index in [4.69, 9.17) is 27.9 Å². The van der Waals surface area contributed by atoms with Gasteiger partial charge in [0.25, 0.3) is 5.91 Å². The first-order valence-electron chi connectivity index (χ1n) is 8.65. The van der Waals surface area contributed by atoms with Crippen LogP contribution < -0.4 is 5.32 Å². The van der Waals surface area contributed by atoms with Gasteiger partial charge in [0.05, 0.1) is 16.0 Å². The zero-order valence-corrected chi connectivity index (χ0v) is 15.7. The van der Waals surface area contributed by atoms with Gasteiger partial charge in [-0.3, -0.25) is 14.4 Å². The van der Waals surface area contributed by atoms with E-state index in [1.165, 1.54) is 6.07 Å². The van der Waals surface area contributed by atoms with Gasteiger partial charge in [-0.2, -0.15) is 0 Å². The number of amides is 2. The molecule has 0 aromatic heterocycles. The molecule has 0 spiro atoms. The molecule has 1 atom stereocenters. The summed E-state index contributed by atoms with van der Waals surface area (Å²) in [6.07, 6.45) is 4.40. The molecule has 8 heteroatoms. The molecule has 2 aliphatic rings. The van der Waals surface area contributed by atoms with Gasteiger partial charge in [-0.25, -0.2) is 0 Å². The van der Waals surface area contributed by atoms with E-state index in [1.807, 2.05) is 0 Å². The number of carbonyl (C=O) groups is 3. The molecule has 140 valence electrons. The Morgan fingerprint density at radius 1 is 1.19 bits per heavy atom. The van der Waals surface area contributed by atoms with Crippen molar-refractivity contribution in [3.05, 3.63) is 28.2 Å². The Labute approximate surface area is 161 Å². The number of hydrogen-bond acceptors (Lipinski definition) is 4. The number of nitrogens with one attached hydrogen (secondary N) is 1. The van der Waals surface area contributed by atoms with E-state index in [9.17, 15) is 14.4 Å². The molecule has 2 amide bonds. The van der Waals surface area contributed by atoms with E-state index in [0.29, 0.717) is 22.3 Å². The van der Waals surface area contributed by atoms with Gasteiger partial charge in [0, 0.05) is 24.7 Å². The number of ether oxygens (including phenoxy) is 1. The van der Waals surface area contributed by atoms with Crippen LogP contribution in [0.5, 0.6) is 0 Å². The van der Waals surface area contributed by atoms with Gasteiger partial charge in [0.15, 0.2) is 6.61 Å². The van der Waals surface area contributed by atoms with Crippen LogP contribution in [0.2, 0.25) is 10.0 Å². The lowest BCUT2D eigenvalue weighted by Gasteiger charge is -2.23. The predicted molar refractivity (Wildman–Crippen MR) is 98.1 cm³/mol. The van der Waals surface area contributed by atoms with Crippen LogP contribution in [0.3, 0.4) is 0 Å². The molecule has 1 aromatic carbocycles. The lowest BCUT2D eigenvalue weighted by molar-refractivity contribution is -0.151. The lowest BCUT2D eigenvalue weighted by atomic mass is 10.1. The maximum Gasteiger partial charge on any atom is 0.311 e. The molecule has 1 N–H and O–H groups in total. The van der Waals surface area contributed by atoms with Gasteiger partial charge in [-0.1, -0.05) is 36.0 Å². The van der Waals surface area contributed by atoms with Crippen LogP contribution in [-0.4, -0.2) is 41.9 Å². The fourth-order valence-corrected chi connectivity index (χ4v) is 3.78. The third-order valence-corrected chi connectivity index (χ3v) is 5.55. The summed E-state index contributed by atoms with van der Waals surface area (Å²) in [5, 5.41) is 3.28. The van der Waals surface area contributed by atoms with Gasteiger partial charge < -0.3 is 15.0 Å². The van der Waals surface area contributed by atoms with Gasteiger partial charge >= 0.3 is 5.97 Å². The second kappa shape index (κ2) is 8.27. The van der Waals surface area contributed by atoms with Crippen molar-refractivity contribution in [2.24, 2.45) is 5.92 Å². The van der Waals surface area contributed by atoms with Crippen molar-refractivity contribution in [3.8, 4) is 0 Å². The highest BCUT2D eigenvalue weighted by atomic mass is 35.5. The molecule has 1 aliphatic carbocycles. The molecule has 26 heavy (non-hydrogen) atoms. The molecule has 6 nitrogen and oxygen atoms in total. The van der Waals surface area contributed by atoms with Crippen molar-refractivity contribution in [1.29, 1.82) is 0 Å². The fourth-order valence-electron chi connectivity index (χ4n) is 3.48. The first kappa shape index (κ1) is 19.0. The summed E-state index contributed by atoms with van der Waals surface area (Å²) in [7, 11) is 0.